The third-order valence-electron chi connectivity index (χ3n) is 20.2. The molecule has 4 heterocycles. The van der Waals surface area contributed by atoms with Crippen LogP contribution in [0.15, 0.2) is 24.3 Å². The van der Waals surface area contributed by atoms with Gasteiger partial charge in [-0.05, 0) is 103 Å². The van der Waals surface area contributed by atoms with Crippen LogP contribution in [0.25, 0.3) is 0 Å². The van der Waals surface area contributed by atoms with Gasteiger partial charge in [-0.25, -0.2) is 4.31 Å². The highest BCUT2D eigenvalue weighted by Crippen LogP contribution is 2.61. The average molecular weight is 1220 g/mol. The second-order valence-corrected chi connectivity index (χ2v) is 31.7. The van der Waals surface area contributed by atoms with Crippen LogP contribution in [0.4, 0.5) is 0 Å². The molecule has 2 aromatic rings. The van der Waals surface area contributed by atoms with Gasteiger partial charge in [-0.3, -0.25) is 0 Å². The topological polar surface area (TPSA) is 68.2 Å². The monoisotopic (exact) mass is 1220 g/mol. The fraction of sp³-hybridized carbons (Fsp3) is 0.846. The predicted octanol–water partition coefficient (Wildman–Crippen LogP) is 27.8. The van der Waals surface area contributed by atoms with E-state index in [9.17, 15) is 9.79 Å². The molecule has 1 unspecified atom stereocenters. The van der Waals surface area contributed by atoms with Crippen LogP contribution >= 0.6 is 17.2 Å². The standard InChI is InChI=1S/C78H142O5P2/c1-13-17-21-25-29-33-37-41-45-49-53-58-77(59-54-50-46-42-38-34-30-26-22-18-14-2)62-57-69-65-71(75(7,8)9)73(63-67(69)5)81-85(83-84(79)80)82-74-64-68(6)70(66-72(74)76(10,11)12)78(77,60-55-51-47-43-39-35-31-27-23-19-15-3)61-56-52-48-44-40-36-32-28-24-20-16-4/h63-66,79-80H,13-62H2,1-12H3. The van der Waals surface area contributed by atoms with Gasteiger partial charge in [0.15, 0.2) is 0 Å². The third kappa shape index (κ3) is 31.1. The van der Waals surface area contributed by atoms with Crippen molar-refractivity contribution in [2.75, 3.05) is 0 Å². The summed E-state index contributed by atoms with van der Waals surface area (Å²) in [4.78, 5) is 21.1. The van der Waals surface area contributed by atoms with Crippen LogP contribution in [-0.2, 0) is 27.0 Å². The number of benzene rings is 2. The first-order valence-corrected chi connectivity index (χ1v) is 39.6. The van der Waals surface area contributed by atoms with E-state index in [1.54, 1.807) is 5.56 Å². The van der Waals surface area contributed by atoms with Crippen molar-refractivity contribution in [2.24, 2.45) is 5.41 Å². The van der Waals surface area contributed by atoms with E-state index >= 15 is 0 Å². The van der Waals surface area contributed by atoms with Crippen LogP contribution in [0, 0.1) is 19.3 Å². The van der Waals surface area contributed by atoms with Gasteiger partial charge < -0.3 is 18.8 Å². The minimum Gasteiger partial charge on any atom is -0.417 e. The van der Waals surface area contributed by atoms with Crippen molar-refractivity contribution in [3.05, 3.63) is 57.6 Å². The molecule has 0 aliphatic carbocycles. The second kappa shape index (κ2) is 45.9. The molecule has 1 atom stereocenters. The van der Waals surface area contributed by atoms with E-state index in [2.05, 4.69) is 107 Å². The molecule has 4 aliphatic heterocycles. The summed E-state index contributed by atoms with van der Waals surface area (Å²) in [6.07, 6.45) is 67.5. The van der Waals surface area contributed by atoms with E-state index in [1.165, 1.54) is 337 Å². The van der Waals surface area contributed by atoms with Gasteiger partial charge >= 0.3 is 17.2 Å². The van der Waals surface area contributed by atoms with Crippen molar-refractivity contribution in [1.29, 1.82) is 0 Å². The van der Waals surface area contributed by atoms with Gasteiger partial charge in [-0.15, -0.1) is 0 Å². The normalized spacial score (nSPS) is 15.4. The van der Waals surface area contributed by atoms with E-state index < -0.39 is 17.2 Å². The zero-order valence-corrected chi connectivity index (χ0v) is 60.5. The summed E-state index contributed by atoms with van der Waals surface area (Å²) in [5, 5.41) is 0. The Kier molecular flexibility index (Phi) is 42.2. The van der Waals surface area contributed by atoms with Crippen LogP contribution in [0.1, 0.15) is 417 Å². The molecular weight excluding hydrogens is 1080 g/mol. The molecule has 494 valence electrons. The molecule has 0 saturated carbocycles. The molecule has 0 aromatic heterocycles. The Morgan fingerprint density at radius 1 is 0.400 bits per heavy atom. The minimum atomic E-state index is -2.75. The lowest BCUT2D eigenvalue weighted by Crippen LogP contribution is -2.47. The van der Waals surface area contributed by atoms with Crippen LogP contribution in [-0.4, -0.2) is 9.79 Å². The second-order valence-electron chi connectivity index (χ2n) is 29.7. The number of unbranched alkanes of at least 4 members (excludes halogenated alkanes) is 40. The molecular formula is C78H142O5P2. The van der Waals surface area contributed by atoms with E-state index in [0.29, 0.717) is 5.75 Å². The molecule has 0 amide bonds. The third-order valence-corrected chi connectivity index (χ3v) is 22.0. The van der Waals surface area contributed by atoms with Crippen molar-refractivity contribution >= 4 is 17.2 Å². The molecule has 4 aliphatic rings. The van der Waals surface area contributed by atoms with Crippen LogP contribution < -0.4 is 9.05 Å². The number of hydrogen-bond acceptors (Lipinski definition) is 5. The summed E-state index contributed by atoms with van der Waals surface area (Å²) >= 11 is 0. The quantitative estimate of drug-likeness (QED) is 0.0510. The number of aryl methyl sites for hydroxylation is 3. The Balaban J connectivity index is 2.33. The summed E-state index contributed by atoms with van der Waals surface area (Å²) in [5.41, 5.74) is 7.44. The molecule has 2 aromatic carbocycles. The summed E-state index contributed by atoms with van der Waals surface area (Å²) in [6.45, 7) is 27.9. The van der Waals surface area contributed by atoms with Crippen LogP contribution in [0.5, 0.6) is 11.5 Å². The Hall–Kier alpha value is -1.22. The van der Waals surface area contributed by atoms with Crippen LogP contribution in [0.3, 0.4) is 0 Å². The summed E-state index contributed by atoms with van der Waals surface area (Å²) in [5.74, 6) is 1.46. The molecule has 6 rings (SSSR count). The SMILES string of the molecule is CCCCCCCCCCCCCC1(CCCCCCCCCCCCC)CCc2cc(C(C)(C)C)c(cc2C)OP(OP(O)O)Oc2cc(C)c(cc2C(C)(C)C)C1(CCCCCCCCCCCCC)CCCCCCCCCCCCC. The zero-order valence-electron chi connectivity index (χ0n) is 58.7. The van der Waals surface area contributed by atoms with Gasteiger partial charge in [0, 0.05) is 16.5 Å². The first kappa shape index (κ1) is 78.0. The first-order chi connectivity index (χ1) is 41.0. The van der Waals surface area contributed by atoms with Gasteiger partial charge in [0.05, 0.1) is 0 Å². The maximum absolute atomic E-state index is 10.6. The van der Waals surface area contributed by atoms with Crippen molar-refractivity contribution in [3.63, 3.8) is 0 Å². The molecule has 85 heavy (non-hydrogen) atoms. The minimum absolute atomic E-state index is 0.0335. The van der Waals surface area contributed by atoms with Gasteiger partial charge in [-0.2, -0.15) is 0 Å². The van der Waals surface area contributed by atoms with Crippen LogP contribution in [0.2, 0.25) is 0 Å². The largest absolute Gasteiger partial charge is 0.470 e. The lowest BCUT2D eigenvalue weighted by Gasteiger charge is -2.54. The lowest BCUT2D eigenvalue weighted by atomic mass is 9.50. The summed E-state index contributed by atoms with van der Waals surface area (Å²) in [7, 11) is -4.96. The van der Waals surface area contributed by atoms with Gasteiger partial charge in [0.25, 0.3) is 0 Å². The zero-order chi connectivity index (χ0) is 62.1. The molecule has 4 bridgehead atoms. The predicted molar refractivity (Wildman–Crippen MR) is 377 cm³/mol. The van der Waals surface area contributed by atoms with E-state index in [-0.39, 0.29) is 21.7 Å². The molecule has 0 spiro atoms. The average Bonchev–Trinajstić information content (AvgIpc) is 1.70. The fourth-order valence-electron chi connectivity index (χ4n) is 14.9. The van der Waals surface area contributed by atoms with E-state index in [0.717, 1.165) is 17.7 Å². The van der Waals surface area contributed by atoms with Crippen molar-refractivity contribution in [1.82, 2.24) is 0 Å². The summed E-state index contributed by atoms with van der Waals surface area (Å²) in [6, 6.07) is 9.70. The smallest absolute Gasteiger partial charge is 0.417 e. The fourth-order valence-corrected chi connectivity index (χ4v) is 16.3. The van der Waals surface area contributed by atoms with E-state index in [1.807, 2.05) is 0 Å². The molecule has 0 saturated heterocycles. The molecule has 0 fully saturated rings. The number of rotatable bonds is 50. The highest BCUT2D eigenvalue weighted by atomic mass is 31.2. The molecule has 5 nitrogen and oxygen atoms in total. The van der Waals surface area contributed by atoms with Crippen molar-refractivity contribution in [3.8, 4) is 11.5 Å². The van der Waals surface area contributed by atoms with Crippen molar-refractivity contribution in [2.45, 2.75) is 420 Å². The lowest BCUT2D eigenvalue weighted by molar-refractivity contribution is 0.0464. The van der Waals surface area contributed by atoms with E-state index in [4.69, 9.17) is 13.4 Å². The van der Waals surface area contributed by atoms with Gasteiger partial charge in [-0.1, -0.05) is 364 Å². The Morgan fingerprint density at radius 3 is 0.988 bits per heavy atom. The summed E-state index contributed by atoms with van der Waals surface area (Å²) < 4.78 is 19.8. The maximum atomic E-state index is 10.6. The van der Waals surface area contributed by atoms with Gasteiger partial charge in [0.1, 0.15) is 11.5 Å². The van der Waals surface area contributed by atoms with Crippen molar-refractivity contribution < 1.29 is 23.1 Å². The highest BCUT2D eigenvalue weighted by molar-refractivity contribution is 7.55. The Bertz CT molecular complexity index is 1900. The Labute approximate surface area is 532 Å². The number of hydrogen-bond donors (Lipinski definition) is 2. The Morgan fingerprint density at radius 2 is 0.682 bits per heavy atom. The first-order valence-electron chi connectivity index (χ1n) is 37.3. The molecule has 0 radical (unpaired) electrons. The maximum Gasteiger partial charge on any atom is 0.470 e. The highest BCUT2D eigenvalue weighted by Gasteiger charge is 2.51. The van der Waals surface area contributed by atoms with Gasteiger partial charge in [0.2, 0.25) is 0 Å². The molecule has 7 heteroatoms. The molecule has 2 N–H and O–H groups in total.